The van der Waals surface area contributed by atoms with Gasteiger partial charge in [0, 0.05) is 25.0 Å². The zero-order valence-electron chi connectivity index (χ0n) is 12.8. The molecule has 2 rings (SSSR count). The minimum absolute atomic E-state index is 0.00118. The second-order valence-corrected chi connectivity index (χ2v) is 6.51. The Kier molecular flexibility index (Phi) is 5.29. The van der Waals surface area contributed by atoms with Crippen LogP contribution >= 0.6 is 11.8 Å². The van der Waals surface area contributed by atoms with E-state index in [1.165, 1.54) is 0 Å². The van der Waals surface area contributed by atoms with Gasteiger partial charge in [-0.1, -0.05) is 0 Å². The molecule has 2 heterocycles. The zero-order valence-corrected chi connectivity index (χ0v) is 13.6. The third-order valence-corrected chi connectivity index (χ3v) is 5.10. The number of hydrogen-bond acceptors (Lipinski definition) is 5. The van der Waals surface area contributed by atoms with E-state index in [4.69, 9.17) is 9.84 Å². The Balaban J connectivity index is 2.02. The molecule has 1 aromatic rings. The lowest BCUT2D eigenvalue weighted by atomic mass is 10.0. The molecule has 0 saturated carbocycles. The topological polar surface area (TPSA) is 76.4 Å². The van der Waals surface area contributed by atoms with Gasteiger partial charge in [-0.15, -0.1) is 0 Å². The van der Waals surface area contributed by atoms with E-state index in [0.29, 0.717) is 18.7 Å². The lowest BCUT2D eigenvalue weighted by molar-refractivity contribution is -0.0378. The minimum atomic E-state index is -0.354. The Morgan fingerprint density at radius 3 is 2.86 bits per heavy atom. The molecular formula is C14H23N3O3S. The van der Waals surface area contributed by atoms with Crippen molar-refractivity contribution in [2.45, 2.75) is 25.9 Å². The van der Waals surface area contributed by atoms with E-state index in [1.54, 1.807) is 4.68 Å². The average molecular weight is 313 g/mol. The van der Waals surface area contributed by atoms with Gasteiger partial charge in [-0.25, -0.2) is 0 Å². The van der Waals surface area contributed by atoms with E-state index >= 15 is 0 Å². The zero-order chi connectivity index (χ0) is 15.5. The van der Waals surface area contributed by atoms with E-state index in [1.807, 2.05) is 32.7 Å². The third kappa shape index (κ3) is 3.59. The second kappa shape index (κ2) is 6.81. The van der Waals surface area contributed by atoms with Crippen molar-refractivity contribution in [3.8, 4) is 0 Å². The van der Waals surface area contributed by atoms with Gasteiger partial charge >= 0.3 is 0 Å². The second-order valence-electron chi connectivity index (χ2n) is 5.41. The molecule has 1 aliphatic rings. The van der Waals surface area contributed by atoms with E-state index in [2.05, 4.69) is 10.4 Å². The van der Waals surface area contributed by atoms with Gasteiger partial charge in [-0.2, -0.15) is 16.9 Å². The van der Waals surface area contributed by atoms with Crippen LogP contribution in [0.3, 0.4) is 0 Å². The fraction of sp³-hybridized carbons (Fsp3) is 0.714. The van der Waals surface area contributed by atoms with Crippen LogP contribution in [0.1, 0.15) is 28.2 Å². The first-order valence-electron chi connectivity index (χ1n) is 7.10. The van der Waals surface area contributed by atoms with E-state index in [0.717, 1.165) is 29.3 Å². The van der Waals surface area contributed by atoms with Crippen LogP contribution in [0.15, 0.2) is 0 Å². The Bertz CT molecular complexity index is 510. The molecule has 1 unspecified atom stereocenters. The van der Waals surface area contributed by atoms with Gasteiger partial charge in [-0.3, -0.25) is 9.48 Å². The first-order chi connectivity index (χ1) is 9.99. The van der Waals surface area contributed by atoms with Crippen LogP contribution in [0.25, 0.3) is 0 Å². The molecular weight excluding hydrogens is 290 g/mol. The summed E-state index contributed by atoms with van der Waals surface area (Å²) in [5.74, 6) is 1.76. The van der Waals surface area contributed by atoms with Crippen LogP contribution in [0.2, 0.25) is 0 Å². The monoisotopic (exact) mass is 313 g/mol. The molecule has 1 atom stereocenters. The maximum absolute atomic E-state index is 12.4. The fourth-order valence-electron chi connectivity index (χ4n) is 2.59. The van der Waals surface area contributed by atoms with Crippen molar-refractivity contribution < 1.29 is 14.6 Å². The van der Waals surface area contributed by atoms with Gasteiger partial charge in [-0.05, 0) is 26.0 Å². The molecule has 1 saturated heterocycles. The Labute approximate surface area is 129 Å². The quantitative estimate of drug-likeness (QED) is 0.806. The van der Waals surface area contributed by atoms with Gasteiger partial charge in [0.15, 0.2) is 0 Å². The number of thioether (sulfide) groups is 1. The highest BCUT2D eigenvalue weighted by Crippen LogP contribution is 2.31. The Hall–Kier alpha value is -1.05. The van der Waals surface area contributed by atoms with Gasteiger partial charge in [0.2, 0.25) is 0 Å². The number of aliphatic hydroxyl groups is 1. The molecule has 1 amide bonds. The summed E-state index contributed by atoms with van der Waals surface area (Å²) in [7, 11) is 1.83. The van der Waals surface area contributed by atoms with Crippen LogP contribution in [0, 0.1) is 13.8 Å². The van der Waals surface area contributed by atoms with Gasteiger partial charge in [0.25, 0.3) is 5.91 Å². The molecule has 0 spiro atoms. The minimum Gasteiger partial charge on any atom is -0.394 e. The summed E-state index contributed by atoms with van der Waals surface area (Å²) >= 11 is 1.81. The van der Waals surface area contributed by atoms with Crippen LogP contribution < -0.4 is 5.32 Å². The maximum atomic E-state index is 12.4. The number of carbonyl (C=O) groups excluding carboxylic acids is 1. The molecule has 1 aromatic heterocycles. The highest BCUT2D eigenvalue weighted by atomic mass is 32.2. The molecule has 7 heteroatoms. The van der Waals surface area contributed by atoms with Crippen molar-refractivity contribution in [2.75, 3.05) is 31.3 Å². The molecule has 1 fully saturated rings. The highest BCUT2D eigenvalue weighted by Gasteiger charge is 2.36. The highest BCUT2D eigenvalue weighted by molar-refractivity contribution is 7.99. The van der Waals surface area contributed by atoms with Crippen molar-refractivity contribution in [2.24, 2.45) is 7.05 Å². The average Bonchev–Trinajstić information content (AvgIpc) is 3.01. The molecule has 6 nitrogen and oxygen atoms in total. The largest absolute Gasteiger partial charge is 0.394 e. The molecule has 2 N–H and O–H groups in total. The summed E-state index contributed by atoms with van der Waals surface area (Å²) in [6, 6.07) is 0. The number of hydrogen-bond donors (Lipinski definition) is 2. The van der Waals surface area contributed by atoms with Crippen molar-refractivity contribution in [1.29, 1.82) is 0 Å². The van der Waals surface area contributed by atoms with Crippen LogP contribution in [0.5, 0.6) is 0 Å². The summed E-state index contributed by atoms with van der Waals surface area (Å²) in [5, 5.41) is 16.2. The first-order valence-corrected chi connectivity index (χ1v) is 8.25. The number of nitrogens with one attached hydrogen (secondary N) is 1. The standard InChI is InChI=1S/C14H23N3O3S/c1-10-12(11(2)17(3)16-10)13(19)15-8-14(20-6-5-18)4-7-21-9-14/h18H,4-9H2,1-3H3,(H,15,19). The first kappa shape index (κ1) is 16.3. The van der Waals surface area contributed by atoms with Gasteiger partial charge in [0.1, 0.15) is 0 Å². The number of aryl methyl sites for hydroxylation is 2. The summed E-state index contributed by atoms with van der Waals surface area (Å²) in [5.41, 5.74) is 1.88. The number of aromatic nitrogens is 2. The molecule has 0 aliphatic carbocycles. The van der Waals surface area contributed by atoms with Crippen LogP contribution in [-0.2, 0) is 11.8 Å². The normalized spacial score (nSPS) is 21.7. The molecule has 0 bridgehead atoms. The lowest BCUT2D eigenvalue weighted by Gasteiger charge is -2.28. The number of rotatable bonds is 6. The summed E-state index contributed by atoms with van der Waals surface area (Å²) in [4.78, 5) is 12.4. The fourth-order valence-corrected chi connectivity index (χ4v) is 3.95. The summed E-state index contributed by atoms with van der Waals surface area (Å²) in [6.45, 7) is 4.50. The van der Waals surface area contributed by atoms with E-state index in [9.17, 15) is 4.79 Å². The predicted octanol–water partition coefficient (Wildman–Crippen LogP) is 0.651. The molecule has 1 aliphatic heterocycles. The summed E-state index contributed by atoms with van der Waals surface area (Å²) < 4.78 is 7.50. The number of amides is 1. The van der Waals surface area contributed by atoms with E-state index < -0.39 is 0 Å². The Morgan fingerprint density at radius 2 is 2.33 bits per heavy atom. The molecule has 21 heavy (non-hydrogen) atoms. The third-order valence-electron chi connectivity index (χ3n) is 3.87. The summed E-state index contributed by atoms with van der Waals surface area (Å²) in [6.07, 6.45) is 0.892. The number of carbonyl (C=O) groups is 1. The van der Waals surface area contributed by atoms with E-state index in [-0.39, 0.29) is 18.1 Å². The molecule has 0 radical (unpaired) electrons. The van der Waals surface area contributed by atoms with Crippen LogP contribution in [-0.4, -0.2) is 57.7 Å². The van der Waals surface area contributed by atoms with Crippen LogP contribution in [0.4, 0.5) is 0 Å². The Morgan fingerprint density at radius 1 is 1.57 bits per heavy atom. The van der Waals surface area contributed by atoms with Crippen molar-refractivity contribution in [1.82, 2.24) is 15.1 Å². The smallest absolute Gasteiger partial charge is 0.255 e. The van der Waals surface area contributed by atoms with Crippen molar-refractivity contribution >= 4 is 17.7 Å². The number of nitrogens with zero attached hydrogens (tertiary/aromatic N) is 2. The number of aliphatic hydroxyl groups excluding tert-OH is 1. The van der Waals surface area contributed by atoms with Gasteiger partial charge in [0.05, 0.1) is 30.1 Å². The molecule has 118 valence electrons. The molecule has 0 aromatic carbocycles. The predicted molar refractivity (Wildman–Crippen MR) is 82.7 cm³/mol. The van der Waals surface area contributed by atoms with Crippen molar-refractivity contribution in [3.05, 3.63) is 17.0 Å². The van der Waals surface area contributed by atoms with Gasteiger partial charge < -0.3 is 15.2 Å². The van der Waals surface area contributed by atoms with Crippen molar-refractivity contribution in [3.63, 3.8) is 0 Å². The number of ether oxygens (including phenoxy) is 1. The maximum Gasteiger partial charge on any atom is 0.255 e. The SMILES string of the molecule is Cc1nn(C)c(C)c1C(=O)NCC1(OCCO)CCSC1. The lowest BCUT2D eigenvalue weighted by Crippen LogP contribution is -2.46.